The van der Waals surface area contributed by atoms with Crippen LogP contribution in [0.4, 0.5) is 10.5 Å². The summed E-state index contributed by atoms with van der Waals surface area (Å²) in [5.74, 6) is 1.12. The van der Waals surface area contributed by atoms with E-state index in [2.05, 4.69) is 16.0 Å². The van der Waals surface area contributed by atoms with Crippen LogP contribution in [-0.2, 0) is 4.79 Å². The Morgan fingerprint density at radius 1 is 0.913 bits per heavy atom. The summed E-state index contributed by atoms with van der Waals surface area (Å²) >= 11 is 0. The summed E-state index contributed by atoms with van der Waals surface area (Å²) in [6.45, 7) is 2.23. The molecule has 0 aromatic heterocycles. The number of ether oxygens (including phenoxy) is 1. The van der Waals surface area contributed by atoms with Crippen molar-refractivity contribution < 1.29 is 14.3 Å². The van der Waals surface area contributed by atoms with Crippen LogP contribution in [0.25, 0.3) is 0 Å². The van der Waals surface area contributed by atoms with Gasteiger partial charge in [0.05, 0.1) is 6.54 Å². The first-order valence-electron chi connectivity index (χ1n) is 7.32. The number of rotatable bonds is 6. The number of carbonyl (C=O) groups is 2. The summed E-state index contributed by atoms with van der Waals surface area (Å²) in [5, 5.41) is 7.70. The van der Waals surface area contributed by atoms with Crippen LogP contribution in [0.1, 0.15) is 6.92 Å². The summed E-state index contributed by atoms with van der Waals surface area (Å²) in [6.07, 6.45) is 0. The minimum absolute atomic E-state index is 0.0892. The molecule has 6 nitrogen and oxygen atoms in total. The second-order valence-corrected chi connectivity index (χ2v) is 4.70. The van der Waals surface area contributed by atoms with Crippen LogP contribution in [0.2, 0.25) is 0 Å². The van der Waals surface area contributed by atoms with Crippen molar-refractivity contribution in [3.05, 3.63) is 54.6 Å². The van der Waals surface area contributed by atoms with Gasteiger partial charge in [-0.3, -0.25) is 4.79 Å². The highest BCUT2D eigenvalue weighted by Gasteiger charge is 2.05. The molecular weight excluding hydrogens is 294 g/mol. The Labute approximate surface area is 134 Å². The van der Waals surface area contributed by atoms with Gasteiger partial charge in [0, 0.05) is 12.2 Å². The second-order valence-electron chi connectivity index (χ2n) is 4.70. The number of hydrogen-bond acceptors (Lipinski definition) is 3. The van der Waals surface area contributed by atoms with Crippen molar-refractivity contribution in [1.82, 2.24) is 10.6 Å². The predicted molar refractivity (Wildman–Crippen MR) is 88.7 cm³/mol. The molecule has 3 N–H and O–H groups in total. The minimum Gasteiger partial charge on any atom is -0.457 e. The van der Waals surface area contributed by atoms with Gasteiger partial charge in [0.2, 0.25) is 5.91 Å². The Kier molecular flexibility index (Phi) is 5.99. The Morgan fingerprint density at radius 3 is 2.22 bits per heavy atom. The van der Waals surface area contributed by atoms with E-state index in [1.807, 2.05) is 30.3 Å². The molecule has 6 heteroatoms. The molecule has 0 aliphatic rings. The lowest BCUT2D eigenvalue weighted by Gasteiger charge is -2.09. The molecule has 0 aliphatic heterocycles. The molecule has 0 bridgehead atoms. The van der Waals surface area contributed by atoms with Crippen molar-refractivity contribution in [1.29, 1.82) is 0 Å². The van der Waals surface area contributed by atoms with E-state index in [1.165, 1.54) is 0 Å². The molecular formula is C17H19N3O3. The zero-order valence-electron chi connectivity index (χ0n) is 12.8. The first-order chi connectivity index (χ1) is 11.2. The van der Waals surface area contributed by atoms with Crippen molar-refractivity contribution in [3.8, 4) is 11.5 Å². The lowest BCUT2D eigenvalue weighted by atomic mass is 10.3. The van der Waals surface area contributed by atoms with Gasteiger partial charge >= 0.3 is 6.03 Å². The lowest BCUT2D eigenvalue weighted by Crippen LogP contribution is -2.39. The number of urea groups is 1. The standard InChI is InChI=1S/C17H19N3O3/c1-2-18-17(22)19-12-16(21)20-13-8-10-15(11-9-13)23-14-6-4-3-5-7-14/h3-11H,2,12H2,1H3,(H,20,21)(H2,18,19,22). The van der Waals surface area contributed by atoms with E-state index in [4.69, 9.17) is 4.74 Å². The highest BCUT2D eigenvalue weighted by atomic mass is 16.5. The molecule has 0 aliphatic carbocycles. The first kappa shape index (κ1) is 16.4. The zero-order chi connectivity index (χ0) is 16.5. The Morgan fingerprint density at radius 2 is 1.57 bits per heavy atom. The van der Waals surface area contributed by atoms with Gasteiger partial charge in [-0.15, -0.1) is 0 Å². The smallest absolute Gasteiger partial charge is 0.315 e. The molecule has 2 aromatic rings. The van der Waals surface area contributed by atoms with Gasteiger partial charge in [0.15, 0.2) is 0 Å². The monoisotopic (exact) mass is 313 g/mol. The van der Waals surface area contributed by atoms with E-state index in [0.717, 1.165) is 5.75 Å². The van der Waals surface area contributed by atoms with Gasteiger partial charge in [-0.1, -0.05) is 18.2 Å². The van der Waals surface area contributed by atoms with E-state index in [-0.39, 0.29) is 18.5 Å². The third kappa shape index (κ3) is 5.70. The molecule has 120 valence electrons. The van der Waals surface area contributed by atoms with E-state index in [1.54, 1.807) is 31.2 Å². The van der Waals surface area contributed by atoms with E-state index in [0.29, 0.717) is 18.0 Å². The molecule has 0 fully saturated rings. The SMILES string of the molecule is CCNC(=O)NCC(=O)Nc1ccc(Oc2ccccc2)cc1. The summed E-state index contributed by atoms with van der Waals surface area (Å²) in [6, 6.07) is 16.1. The molecule has 0 saturated heterocycles. The van der Waals surface area contributed by atoms with Gasteiger partial charge in [-0.25, -0.2) is 4.79 Å². The number of anilines is 1. The van der Waals surface area contributed by atoms with Gasteiger partial charge in [-0.2, -0.15) is 0 Å². The Balaban J connectivity index is 1.82. The third-order valence-electron chi connectivity index (χ3n) is 2.86. The van der Waals surface area contributed by atoms with Gasteiger partial charge in [0.25, 0.3) is 0 Å². The Bertz CT molecular complexity index is 642. The third-order valence-corrected chi connectivity index (χ3v) is 2.86. The highest BCUT2D eigenvalue weighted by molar-refractivity contribution is 5.94. The maximum atomic E-state index is 11.7. The zero-order valence-corrected chi connectivity index (χ0v) is 12.8. The molecule has 23 heavy (non-hydrogen) atoms. The lowest BCUT2D eigenvalue weighted by molar-refractivity contribution is -0.115. The maximum Gasteiger partial charge on any atom is 0.315 e. The average molecular weight is 313 g/mol. The molecule has 2 rings (SSSR count). The molecule has 0 spiro atoms. The van der Waals surface area contributed by atoms with Gasteiger partial charge in [-0.05, 0) is 43.3 Å². The molecule has 0 heterocycles. The highest BCUT2D eigenvalue weighted by Crippen LogP contribution is 2.22. The fourth-order valence-corrected chi connectivity index (χ4v) is 1.82. The van der Waals surface area contributed by atoms with Crippen LogP contribution >= 0.6 is 0 Å². The van der Waals surface area contributed by atoms with Crippen LogP contribution in [0.3, 0.4) is 0 Å². The number of benzene rings is 2. The fourth-order valence-electron chi connectivity index (χ4n) is 1.82. The quantitative estimate of drug-likeness (QED) is 0.767. The van der Waals surface area contributed by atoms with E-state index >= 15 is 0 Å². The van der Waals surface area contributed by atoms with Crippen LogP contribution in [0.15, 0.2) is 54.6 Å². The number of hydrogen-bond donors (Lipinski definition) is 3. The molecule has 0 unspecified atom stereocenters. The number of amides is 3. The normalized spacial score (nSPS) is 9.78. The summed E-state index contributed by atoms with van der Waals surface area (Å²) in [7, 11) is 0. The van der Waals surface area contributed by atoms with Gasteiger partial charge < -0.3 is 20.7 Å². The molecule has 0 radical (unpaired) electrons. The van der Waals surface area contributed by atoms with Crippen molar-refractivity contribution in [2.75, 3.05) is 18.4 Å². The topological polar surface area (TPSA) is 79.5 Å². The number of para-hydroxylation sites is 1. The molecule has 0 atom stereocenters. The van der Waals surface area contributed by atoms with Crippen LogP contribution in [0, 0.1) is 0 Å². The number of carbonyl (C=O) groups excluding carboxylic acids is 2. The van der Waals surface area contributed by atoms with Crippen molar-refractivity contribution >= 4 is 17.6 Å². The van der Waals surface area contributed by atoms with Crippen LogP contribution < -0.4 is 20.7 Å². The van der Waals surface area contributed by atoms with Crippen molar-refractivity contribution in [3.63, 3.8) is 0 Å². The van der Waals surface area contributed by atoms with Crippen molar-refractivity contribution in [2.45, 2.75) is 6.92 Å². The summed E-state index contributed by atoms with van der Waals surface area (Å²) in [5.41, 5.74) is 0.633. The predicted octanol–water partition coefficient (Wildman–Crippen LogP) is 2.74. The van der Waals surface area contributed by atoms with Crippen LogP contribution in [-0.4, -0.2) is 25.0 Å². The first-order valence-corrected chi connectivity index (χ1v) is 7.32. The maximum absolute atomic E-state index is 11.7. The second kappa shape index (κ2) is 8.43. The molecule has 0 saturated carbocycles. The minimum atomic E-state index is -0.366. The Hall–Kier alpha value is -3.02. The van der Waals surface area contributed by atoms with E-state index < -0.39 is 0 Å². The fraction of sp³-hybridized carbons (Fsp3) is 0.176. The van der Waals surface area contributed by atoms with E-state index in [9.17, 15) is 9.59 Å². The summed E-state index contributed by atoms with van der Waals surface area (Å²) in [4.78, 5) is 22.9. The van der Waals surface area contributed by atoms with Crippen LogP contribution in [0.5, 0.6) is 11.5 Å². The van der Waals surface area contributed by atoms with Gasteiger partial charge in [0.1, 0.15) is 11.5 Å². The number of nitrogens with one attached hydrogen (secondary N) is 3. The average Bonchev–Trinajstić information content (AvgIpc) is 2.56. The largest absolute Gasteiger partial charge is 0.457 e. The summed E-state index contributed by atoms with van der Waals surface area (Å²) < 4.78 is 5.67. The van der Waals surface area contributed by atoms with Crippen molar-refractivity contribution in [2.24, 2.45) is 0 Å². The molecule has 2 aromatic carbocycles. The molecule has 3 amide bonds.